The van der Waals surface area contributed by atoms with Crippen molar-refractivity contribution in [2.45, 2.75) is 13.5 Å². The SMILES string of the molecule is Cc1cc2c3c4cccnc4oc(=O)c3n(Cc3cc4c(=O)n(C)cnc4cc3F)c2cc1F. The van der Waals surface area contributed by atoms with Gasteiger partial charge in [0.25, 0.3) is 5.56 Å². The number of benzene rings is 2. The van der Waals surface area contributed by atoms with E-state index in [1.54, 1.807) is 32.2 Å². The van der Waals surface area contributed by atoms with Crippen molar-refractivity contribution < 1.29 is 13.2 Å². The zero-order valence-corrected chi connectivity index (χ0v) is 18.1. The second kappa shape index (κ2) is 7.05. The molecule has 0 fully saturated rings. The Morgan fingerprint density at radius 2 is 1.82 bits per heavy atom. The average molecular weight is 458 g/mol. The fourth-order valence-corrected chi connectivity index (χ4v) is 4.49. The molecule has 0 unspecified atom stereocenters. The fourth-order valence-electron chi connectivity index (χ4n) is 4.49. The van der Waals surface area contributed by atoms with E-state index in [1.807, 2.05) is 0 Å². The molecule has 4 heterocycles. The van der Waals surface area contributed by atoms with E-state index in [-0.39, 0.29) is 39.8 Å². The summed E-state index contributed by atoms with van der Waals surface area (Å²) in [6.07, 6.45) is 2.84. The zero-order valence-electron chi connectivity index (χ0n) is 18.1. The first-order valence-corrected chi connectivity index (χ1v) is 10.5. The molecule has 0 N–H and O–H groups in total. The second-order valence-electron chi connectivity index (χ2n) is 8.30. The predicted molar refractivity (Wildman–Crippen MR) is 124 cm³/mol. The van der Waals surface area contributed by atoms with Crippen LogP contribution in [0, 0.1) is 18.6 Å². The third-order valence-corrected chi connectivity index (χ3v) is 6.18. The second-order valence-corrected chi connectivity index (χ2v) is 8.30. The van der Waals surface area contributed by atoms with Crippen LogP contribution in [-0.2, 0) is 13.6 Å². The Morgan fingerprint density at radius 3 is 2.65 bits per heavy atom. The number of rotatable bonds is 2. The van der Waals surface area contributed by atoms with Gasteiger partial charge in [-0.25, -0.2) is 23.5 Å². The van der Waals surface area contributed by atoms with E-state index in [4.69, 9.17) is 4.42 Å². The molecule has 9 heteroatoms. The molecule has 4 aromatic heterocycles. The first-order valence-electron chi connectivity index (χ1n) is 10.5. The van der Waals surface area contributed by atoms with Crippen LogP contribution >= 0.6 is 0 Å². The van der Waals surface area contributed by atoms with Crippen molar-refractivity contribution in [3.8, 4) is 0 Å². The number of aromatic nitrogens is 4. The van der Waals surface area contributed by atoms with Crippen LogP contribution in [0.25, 0.3) is 43.8 Å². The van der Waals surface area contributed by atoms with E-state index in [9.17, 15) is 14.0 Å². The Balaban J connectivity index is 1.72. The lowest BCUT2D eigenvalue weighted by Crippen LogP contribution is -2.17. The summed E-state index contributed by atoms with van der Waals surface area (Å²) in [6, 6.07) is 9.08. The minimum absolute atomic E-state index is 0.126. The van der Waals surface area contributed by atoms with Gasteiger partial charge in [-0.2, -0.15) is 0 Å². The summed E-state index contributed by atoms with van der Waals surface area (Å²) < 4.78 is 38.0. The van der Waals surface area contributed by atoms with Crippen molar-refractivity contribution in [2.75, 3.05) is 0 Å². The predicted octanol–water partition coefficient (Wildman–Crippen LogP) is 4.18. The van der Waals surface area contributed by atoms with Crippen LogP contribution in [0.4, 0.5) is 8.78 Å². The van der Waals surface area contributed by atoms with E-state index < -0.39 is 17.3 Å². The molecule has 0 aliphatic carbocycles. The van der Waals surface area contributed by atoms with E-state index in [0.29, 0.717) is 27.2 Å². The minimum atomic E-state index is -0.672. The van der Waals surface area contributed by atoms with Crippen LogP contribution < -0.4 is 11.2 Å². The van der Waals surface area contributed by atoms with Gasteiger partial charge >= 0.3 is 5.63 Å². The first kappa shape index (κ1) is 20.2. The van der Waals surface area contributed by atoms with Crippen molar-refractivity contribution in [3.63, 3.8) is 0 Å². The van der Waals surface area contributed by atoms with Gasteiger partial charge in [0, 0.05) is 41.0 Å². The van der Waals surface area contributed by atoms with Crippen molar-refractivity contribution in [1.29, 1.82) is 0 Å². The Morgan fingerprint density at radius 1 is 1.00 bits per heavy atom. The molecule has 7 nitrogen and oxygen atoms in total. The zero-order chi connectivity index (χ0) is 23.7. The van der Waals surface area contributed by atoms with Crippen molar-refractivity contribution in [1.82, 2.24) is 19.1 Å². The smallest absolute Gasteiger partial charge is 0.362 e. The summed E-state index contributed by atoms with van der Waals surface area (Å²) in [5, 5.41) is 2.00. The molecule has 0 aliphatic heterocycles. The van der Waals surface area contributed by atoms with Gasteiger partial charge in [0.2, 0.25) is 5.71 Å². The number of aryl methyl sites for hydroxylation is 2. The lowest BCUT2D eigenvalue weighted by molar-refractivity contribution is 0.552. The normalized spacial score (nSPS) is 11.9. The Hall–Kier alpha value is -4.40. The highest BCUT2D eigenvalue weighted by Gasteiger charge is 2.21. The van der Waals surface area contributed by atoms with E-state index in [0.717, 1.165) is 0 Å². The molecule has 0 amide bonds. The van der Waals surface area contributed by atoms with Gasteiger partial charge in [0.05, 0.1) is 29.3 Å². The maximum absolute atomic E-state index is 15.1. The van der Waals surface area contributed by atoms with Gasteiger partial charge in [-0.15, -0.1) is 0 Å². The lowest BCUT2D eigenvalue weighted by Gasteiger charge is -2.10. The summed E-state index contributed by atoms with van der Waals surface area (Å²) in [7, 11) is 1.56. The van der Waals surface area contributed by atoms with Crippen LogP contribution in [-0.4, -0.2) is 19.1 Å². The molecule has 6 aromatic rings. The Kier molecular flexibility index (Phi) is 4.19. The van der Waals surface area contributed by atoms with Gasteiger partial charge in [-0.1, -0.05) is 0 Å². The van der Waals surface area contributed by atoms with Crippen LogP contribution in [0.15, 0.2) is 62.9 Å². The number of hydrogen-bond donors (Lipinski definition) is 0. The average Bonchev–Trinajstić information content (AvgIpc) is 3.12. The quantitative estimate of drug-likeness (QED) is 0.389. The maximum atomic E-state index is 15.1. The van der Waals surface area contributed by atoms with Crippen molar-refractivity contribution >= 4 is 43.8 Å². The van der Waals surface area contributed by atoms with Crippen LogP contribution in [0.3, 0.4) is 0 Å². The summed E-state index contributed by atoms with van der Waals surface area (Å²) in [5.41, 5.74) is 0.518. The third kappa shape index (κ3) is 2.79. The molecule has 0 saturated carbocycles. The monoisotopic (exact) mass is 458 g/mol. The highest BCUT2D eigenvalue weighted by Crippen LogP contribution is 2.34. The molecule has 34 heavy (non-hydrogen) atoms. The summed E-state index contributed by atoms with van der Waals surface area (Å²) in [6.45, 7) is 1.51. The molecule has 6 rings (SSSR count). The standard InChI is InChI=1S/C25H16F2N4O3/c1-12-6-16-20(9-17(12)26)31(22-21(16)14-4-3-5-28-23(14)34-25(22)33)10-13-7-15-19(8-18(13)27)29-11-30(2)24(15)32/h3-9,11H,10H2,1-2H3. The van der Waals surface area contributed by atoms with E-state index in [1.165, 1.54) is 39.9 Å². The molecule has 168 valence electrons. The fraction of sp³-hybridized carbons (Fsp3) is 0.120. The number of fused-ring (bicyclic) bond motifs is 6. The number of hydrogen-bond acceptors (Lipinski definition) is 5. The van der Waals surface area contributed by atoms with Gasteiger partial charge < -0.3 is 13.6 Å². The highest BCUT2D eigenvalue weighted by atomic mass is 19.1. The topological polar surface area (TPSA) is 82.9 Å². The van der Waals surface area contributed by atoms with Crippen LogP contribution in [0.2, 0.25) is 0 Å². The molecule has 0 radical (unpaired) electrons. The van der Waals surface area contributed by atoms with E-state index >= 15 is 4.39 Å². The molecular formula is C25H16F2N4O3. The summed E-state index contributed by atoms with van der Waals surface area (Å²) in [5.74, 6) is -1.05. The van der Waals surface area contributed by atoms with Crippen molar-refractivity contribution in [3.05, 3.63) is 92.5 Å². The molecule has 0 saturated heterocycles. The van der Waals surface area contributed by atoms with Gasteiger partial charge in [0.1, 0.15) is 17.2 Å². The van der Waals surface area contributed by atoms with Gasteiger partial charge in [0.15, 0.2) is 0 Å². The maximum Gasteiger partial charge on any atom is 0.362 e. The highest BCUT2D eigenvalue weighted by molar-refractivity contribution is 6.18. The largest absolute Gasteiger partial charge is 0.402 e. The number of nitrogens with zero attached hydrogens (tertiary/aromatic N) is 4. The number of halogens is 2. The molecule has 0 bridgehead atoms. The lowest BCUT2D eigenvalue weighted by atomic mass is 10.1. The number of pyridine rings is 1. The summed E-state index contributed by atoms with van der Waals surface area (Å²) >= 11 is 0. The molecule has 2 aromatic carbocycles. The van der Waals surface area contributed by atoms with Gasteiger partial charge in [-0.05, 0) is 42.8 Å². The molecular weight excluding hydrogens is 442 g/mol. The molecule has 0 aliphatic rings. The third-order valence-electron chi connectivity index (χ3n) is 6.18. The van der Waals surface area contributed by atoms with Crippen LogP contribution in [0.1, 0.15) is 11.1 Å². The van der Waals surface area contributed by atoms with Crippen LogP contribution in [0.5, 0.6) is 0 Å². The van der Waals surface area contributed by atoms with Crippen molar-refractivity contribution in [2.24, 2.45) is 7.05 Å². The Bertz CT molecular complexity index is 1940. The van der Waals surface area contributed by atoms with Gasteiger partial charge in [-0.3, -0.25) is 4.79 Å². The summed E-state index contributed by atoms with van der Waals surface area (Å²) in [4.78, 5) is 33.9. The molecule has 0 atom stereocenters. The van der Waals surface area contributed by atoms with E-state index in [2.05, 4.69) is 9.97 Å². The Labute approximate surface area is 189 Å². The first-order chi connectivity index (χ1) is 16.3. The minimum Gasteiger partial charge on any atom is -0.402 e. The molecule has 0 spiro atoms.